The molecule has 0 bridgehead atoms. The Labute approximate surface area is 137 Å². The van der Waals surface area contributed by atoms with Gasteiger partial charge in [0.05, 0.1) is 28.6 Å². The van der Waals surface area contributed by atoms with Gasteiger partial charge in [-0.2, -0.15) is 18.4 Å². The number of nitrogens with zero attached hydrogens (tertiary/aromatic N) is 2. The Bertz CT molecular complexity index is 790. The van der Waals surface area contributed by atoms with Crippen molar-refractivity contribution in [3.8, 4) is 6.07 Å². The smallest absolute Gasteiger partial charge is 0.376 e. The van der Waals surface area contributed by atoms with E-state index < -0.39 is 17.6 Å². The molecule has 0 aliphatic heterocycles. The molecule has 0 heterocycles. The zero-order chi connectivity index (χ0) is 17.9. The predicted octanol–water partition coefficient (Wildman–Crippen LogP) is 3.90. The van der Waals surface area contributed by atoms with E-state index in [0.29, 0.717) is 11.3 Å². The van der Waals surface area contributed by atoms with Gasteiger partial charge in [-0.1, -0.05) is 0 Å². The highest BCUT2D eigenvalue weighted by Gasteiger charge is 2.31. The standard InChI is InChI=1S/C17H14F3N3O/c1-23(2)15-8-7-13(17(18,19)20)9-14(15)22-16(24)12-5-3-11(10-21)4-6-12/h3-9H,1-2H3,(H,22,24). The van der Waals surface area contributed by atoms with Gasteiger partial charge in [0.15, 0.2) is 0 Å². The molecule has 4 nitrogen and oxygen atoms in total. The minimum absolute atomic E-state index is 0.0594. The Morgan fingerprint density at radius 3 is 2.25 bits per heavy atom. The van der Waals surface area contributed by atoms with Crippen molar-refractivity contribution in [1.29, 1.82) is 5.26 Å². The number of benzene rings is 2. The largest absolute Gasteiger partial charge is 0.416 e. The van der Waals surface area contributed by atoms with Crippen LogP contribution >= 0.6 is 0 Å². The van der Waals surface area contributed by atoms with Gasteiger partial charge in [0, 0.05) is 19.7 Å². The van der Waals surface area contributed by atoms with E-state index in [4.69, 9.17) is 5.26 Å². The average molecular weight is 333 g/mol. The molecule has 0 saturated carbocycles. The van der Waals surface area contributed by atoms with E-state index in [0.717, 1.165) is 12.1 Å². The second-order valence-electron chi connectivity index (χ2n) is 5.27. The summed E-state index contributed by atoms with van der Waals surface area (Å²) in [5, 5.41) is 11.2. The number of amides is 1. The minimum atomic E-state index is -4.50. The molecule has 0 aliphatic carbocycles. The van der Waals surface area contributed by atoms with Gasteiger partial charge in [0.2, 0.25) is 0 Å². The first-order valence-corrected chi connectivity index (χ1v) is 6.92. The predicted molar refractivity (Wildman–Crippen MR) is 84.9 cm³/mol. The minimum Gasteiger partial charge on any atom is -0.376 e. The van der Waals surface area contributed by atoms with Crippen LogP contribution in [0.1, 0.15) is 21.5 Å². The molecule has 1 N–H and O–H groups in total. The summed E-state index contributed by atoms with van der Waals surface area (Å²) in [5.74, 6) is -0.554. The van der Waals surface area contributed by atoms with E-state index in [1.54, 1.807) is 19.0 Å². The first-order chi connectivity index (χ1) is 11.2. The third-order valence-corrected chi connectivity index (χ3v) is 3.33. The Balaban J connectivity index is 2.35. The van der Waals surface area contributed by atoms with Crippen molar-refractivity contribution in [3.05, 3.63) is 59.2 Å². The summed E-state index contributed by atoms with van der Waals surface area (Å²) in [5.41, 5.74) is 0.299. The fourth-order valence-corrected chi connectivity index (χ4v) is 2.09. The molecule has 7 heteroatoms. The summed E-state index contributed by atoms with van der Waals surface area (Å²) in [4.78, 5) is 13.9. The average Bonchev–Trinajstić information content (AvgIpc) is 2.53. The molecule has 2 aromatic carbocycles. The fraction of sp³-hybridized carbons (Fsp3) is 0.176. The molecule has 0 fully saturated rings. The Kier molecular flexibility index (Phi) is 4.79. The topological polar surface area (TPSA) is 56.1 Å². The summed E-state index contributed by atoms with van der Waals surface area (Å²) in [6.07, 6.45) is -4.50. The van der Waals surface area contributed by atoms with Gasteiger partial charge in [-0.05, 0) is 42.5 Å². The van der Waals surface area contributed by atoms with Crippen LogP contribution in [-0.2, 0) is 6.18 Å². The summed E-state index contributed by atoms with van der Waals surface area (Å²) in [6, 6.07) is 10.9. The lowest BCUT2D eigenvalue weighted by Crippen LogP contribution is -2.18. The van der Waals surface area contributed by atoms with Crippen LogP contribution in [0.3, 0.4) is 0 Å². The van der Waals surface area contributed by atoms with Crippen LogP contribution in [0, 0.1) is 11.3 Å². The maximum atomic E-state index is 12.9. The highest BCUT2D eigenvalue weighted by Crippen LogP contribution is 2.35. The van der Waals surface area contributed by atoms with Gasteiger partial charge in [0.25, 0.3) is 5.91 Å². The third kappa shape index (κ3) is 3.84. The van der Waals surface area contributed by atoms with Crippen LogP contribution in [0.5, 0.6) is 0 Å². The van der Waals surface area contributed by atoms with E-state index in [1.165, 1.54) is 30.3 Å². The van der Waals surface area contributed by atoms with E-state index >= 15 is 0 Å². The normalized spacial score (nSPS) is 10.8. The van der Waals surface area contributed by atoms with Crippen molar-refractivity contribution in [2.75, 3.05) is 24.3 Å². The maximum absolute atomic E-state index is 12.9. The van der Waals surface area contributed by atoms with Crippen molar-refractivity contribution < 1.29 is 18.0 Å². The number of alkyl halides is 3. The van der Waals surface area contributed by atoms with E-state index in [9.17, 15) is 18.0 Å². The third-order valence-electron chi connectivity index (χ3n) is 3.33. The number of nitrogens with one attached hydrogen (secondary N) is 1. The van der Waals surface area contributed by atoms with Crippen LogP contribution in [0.2, 0.25) is 0 Å². The number of carbonyl (C=O) groups is 1. The highest BCUT2D eigenvalue weighted by molar-refractivity contribution is 6.06. The molecule has 2 aromatic rings. The highest BCUT2D eigenvalue weighted by atomic mass is 19.4. The first-order valence-electron chi connectivity index (χ1n) is 6.92. The van der Waals surface area contributed by atoms with Crippen molar-refractivity contribution in [1.82, 2.24) is 0 Å². The lowest BCUT2D eigenvalue weighted by atomic mass is 10.1. The van der Waals surface area contributed by atoms with Gasteiger partial charge in [0.1, 0.15) is 0 Å². The molecule has 0 saturated heterocycles. The van der Waals surface area contributed by atoms with Crippen molar-refractivity contribution in [3.63, 3.8) is 0 Å². The summed E-state index contributed by atoms with van der Waals surface area (Å²) < 4.78 is 38.7. The van der Waals surface area contributed by atoms with Gasteiger partial charge in [-0.3, -0.25) is 4.79 Å². The number of nitriles is 1. The number of halogens is 3. The molecule has 0 atom stereocenters. The quantitative estimate of drug-likeness (QED) is 0.927. The fourth-order valence-electron chi connectivity index (χ4n) is 2.09. The van der Waals surface area contributed by atoms with Crippen LogP contribution in [-0.4, -0.2) is 20.0 Å². The monoisotopic (exact) mass is 333 g/mol. The van der Waals surface area contributed by atoms with Gasteiger partial charge in [-0.15, -0.1) is 0 Å². The van der Waals surface area contributed by atoms with Gasteiger partial charge >= 0.3 is 6.18 Å². The molecule has 0 aromatic heterocycles. The van der Waals surface area contributed by atoms with Gasteiger partial charge < -0.3 is 10.2 Å². The molecule has 24 heavy (non-hydrogen) atoms. The van der Waals surface area contributed by atoms with Crippen molar-refractivity contribution in [2.45, 2.75) is 6.18 Å². The number of anilines is 2. The maximum Gasteiger partial charge on any atom is 0.416 e. The lowest BCUT2D eigenvalue weighted by molar-refractivity contribution is -0.137. The number of carbonyl (C=O) groups excluding carboxylic acids is 1. The molecular formula is C17H14F3N3O. The number of rotatable bonds is 3. The van der Waals surface area contributed by atoms with Gasteiger partial charge in [-0.25, -0.2) is 0 Å². The second-order valence-corrected chi connectivity index (χ2v) is 5.27. The lowest BCUT2D eigenvalue weighted by Gasteiger charge is -2.19. The number of hydrogen-bond donors (Lipinski definition) is 1. The molecule has 124 valence electrons. The van der Waals surface area contributed by atoms with Crippen LogP contribution in [0.25, 0.3) is 0 Å². The Morgan fingerprint density at radius 1 is 1.12 bits per heavy atom. The number of hydrogen-bond acceptors (Lipinski definition) is 3. The first kappa shape index (κ1) is 17.3. The zero-order valence-corrected chi connectivity index (χ0v) is 13.0. The summed E-state index contributed by atoms with van der Waals surface area (Å²) >= 11 is 0. The Morgan fingerprint density at radius 2 is 1.75 bits per heavy atom. The molecular weight excluding hydrogens is 319 g/mol. The molecule has 0 spiro atoms. The molecule has 0 radical (unpaired) electrons. The summed E-state index contributed by atoms with van der Waals surface area (Å²) in [6.45, 7) is 0. The van der Waals surface area contributed by atoms with E-state index in [2.05, 4.69) is 5.32 Å². The second kappa shape index (κ2) is 6.62. The van der Waals surface area contributed by atoms with E-state index in [1.807, 2.05) is 6.07 Å². The molecule has 1 amide bonds. The van der Waals surface area contributed by atoms with E-state index in [-0.39, 0.29) is 11.3 Å². The van der Waals surface area contributed by atoms with Crippen molar-refractivity contribution >= 4 is 17.3 Å². The Hall–Kier alpha value is -3.01. The zero-order valence-electron chi connectivity index (χ0n) is 13.0. The SMILES string of the molecule is CN(C)c1ccc(C(F)(F)F)cc1NC(=O)c1ccc(C#N)cc1. The molecule has 2 rings (SSSR count). The van der Waals surface area contributed by atoms with Crippen LogP contribution < -0.4 is 10.2 Å². The molecule has 0 aliphatic rings. The van der Waals surface area contributed by atoms with Crippen molar-refractivity contribution in [2.24, 2.45) is 0 Å². The summed E-state index contributed by atoms with van der Waals surface area (Å²) in [7, 11) is 3.33. The van der Waals surface area contributed by atoms with Crippen LogP contribution in [0.4, 0.5) is 24.5 Å². The molecule has 0 unspecified atom stereocenters. The van der Waals surface area contributed by atoms with Crippen LogP contribution in [0.15, 0.2) is 42.5 Å².